The van der Waals surface area contributed by atoms with Gasteiger partial charge in [-0.2, -0.15) is 0 Å². The molecule has 8 nitrogen and oxygen atoms in total. The number of nitrogens with zero attached hydrogens (tertiary/aromatic N) is 6. The summed E-state index contributed by atoms with van der Waals surface area (Å²) in [6.45, 7) is 4.13. The van der Waals surface area contributed by atoms with Gasteiger partial charge in [-0.15, -0.1) is 4.91 Å². The van der Waals surface area contributed by atoms with Crippen molar-refractivity contribution in [3.63, 3.8) is 0 Å². The maximum Gasteiger partial charge on any atom is 0.219 e. The predicted molar refractivity (Wildman–Crippen MR) is 124 cm³/mol. The number of fused-ring (bicyclic) bond motifs is 1. The molecule has 4 aromatic rings. The van der Waals surface area contributed by atoms with Gasteiger partial charge in [-0.3, -0.25) is 9.20 Å². The fourth-order valence-corrected chi connectivity index (χ4v) is 4.19. The maximum atomic E-state index is 13.6. The lowest BCUT2D eigenvalue weighted by atomic mass is 10.0. The van der Waals surface area contributed by atoms with Crippen molar-refractivity contribution in [2.24, 2.45) is 5.18 Å². The van der Waals surface area contributed by atoms with Gasteiger partial charge in [-0.25, -0.2) is 14.4 Å². The van der Waals surface area contributed by atoms with Crippen molar-refractivity contribution in [3.05, 3.63) is 71.6 Å². The summed E-state index contributed by atoms with van der Waals surface area (Å²) in [4.78, 5) is 36.1. The number of carbonyl (C=O) groups excluding carboxylic acids is 1. The van der Waals surface area contributed by atoms with E-state index in [1.165, 1.54) is 12.1 Å². The number of hydrogen-bond acceptors (Lipinski definition) is 6. The van der Waals surface area contributed by atoms with Crippen LogP contribution < -0.4 is 4.90 Å². The summed E-state index contributed by atoms with van der Waals surface area (Å²) >= 11 is 0. The Balaban J connectivity index is 1.66. The zero-order valence-corrected chi connectivity index (χ0v) is 18.0. The van der Waals surface area contributed by atoms with Gasteiger partial charge >= 0.3 is 0 Å². The Hall–Kier alpha value is -4.14. The predicted octanol–water partition coefficient (Wildman–Crippen LogP) is 4.27. The van der Waals surface area contributed by atoms with E-state index in [1.54, 1.807) is 37.4 Å². The molecule has 0 radical (unpaired) electrons. The minimum atomic E-state index is -0.323. The quantitative estimate of drug-likeness (QED) is 0.439. The standard InChI is InChI=1S/C24H21FN6O2/c1-16(32)29-12-14-30(15-13-29)23-24-27-21(17-2-6-19(25)7-3-17)22(31(24)11-10-26-23)18-4-8-20(28-33)9-5-18/h2-11H,12-15H2,1H3. The second-order valence-electron chi connectivity index (χ2n) is 7.89. The molecule has 1 fully saturated rings. The number of benzene rings is 2. The van der Waals surface area contributed by atoms with Crippen LogP contribution in [0.15, 0.2) is 66.1 Å². The molecule has 1 saturated heterocycles. The third-order valence-corrected chi connectivity index (χ3v) is 5.91. The topological polar surface area (TPSA) is 83.2 Å². The summed E-state index contributed by atoms with van der Waals surface area (Å²) in [6.07, 6.45) is 3.56. The van der Waals surface area contributed by atoms with E-state index < -0.39 is 0 Å². The number of carbonyl (C=O) groups is 1. The Morgan fingerprint density at radius 2 is 1.64 bits per heavy atom. The fraction of sp³-hybridized carbons (Fsp3) is 0.208. The largest absolute Gasteiger partial charge is 0.350 e. The summed E-state index contributed by atoms with van der Waals surface area (Å²) in [5, 5.41) is 2.98. The van der Waals surface area contributed by atoms with Gasteiger partial charge in [0.2, 0.25) is 5.91 Å². The lowest BCUT2D eigenvalue weighted by molar-refractivity contribution is -0.129. The Morgan fingerprint density at radius 1 is 0.970 bits per heavy atom. The summed E-state index contributed by atoms with van der Waals surface area (Å²) in [5.74, 6) is 0.466. The first kappa shape index (κ1) is 20.7. The summed E-state index contributed by atoms with van der Waals surface area (Å²) in [7, 11) is 0. The van der Waals surface area contributed by atoms with Crippen LogP contribution in [-0.2, 0) is 4.79 Å². The number of rotatable bonds is 4. The second kappa shape index (κ2) is 8.42. The van der Waals surface area contributed by atoms with Crippen molar-refractivity contribution in [2.75, 3.05) is 31.1 Å². The molecule has 0 bridgehead atoms. The van der Waals surface area contributed by atoms with Crippen LogP contribution >= 0.6 is 0 Å². The zero-order chi connectivity index (χ0) is 22.9. The van der Waals surface area contributed by atoms with E-state index in [9.17, 15) is 14.1 Å². The molecule has 9 heteroatoms. The monoisotopic (exact) mass is 444 g/mol. The molecule has 1 amide bonds. The number of aromatic nitrogens is 3. The average molecular weight is 444 g/mol. The van der Waals surface area contributed by atoms with Crippen LogP contribution in [0.4, 0.5) is 15.9 Å². The smallest absolute Gasteiger partial charge is 0.219 e. The first-order valence-electron chi connectivity index (χ1n) is 10.6. The zero-order valence-electron chi connectivity index (χ0n) is 18.0. The molecule has 3 heterocycles. The van der Waals surface area contributed by atoms with Crippen LogP contribution in [0, 0.1) is 10.7 Å². The van der Waals surface area contributed by atoms with E-state index in [1.807, 2.05) is 27.6 Å². The van der Waals surface area contributed by atoms with Crippen molar-refractivity contribution >= 4 is 23.1 Å². The minimum absolute atomic E-state index is 0.0655. The molecule has 33 heavy (non-hydrogen) atoms. The molecule has 0 aliphatic carbocycles. The highest BCUT2D eigenvalue weighted by Gasteiger charge is 2.24. The number of piperazine rings is 1. The second-order valence-corrected chi connectivity index (χ2v) is 7.89. The van der Waals surface area contributed by atoms with Gasteiger partial charge in [0.15, 0.2) is 11.5 Å². The lowest BCUT2D eigenvalue weighted by Crippen LogP contribution is -2.48. The molecular weight excluding hydrogens is 423 g/mol. The van der Waals surface area contributed by atoms with Crippen molar-refractivity contribution in [1.82, 2.24) is 19.3 Å². The summed E-state index contributed by atoms with van der Waals surface area (Å²) in [5.41, 5.74) is 4.09. The SMILES string of the molecule is CC(=O)N1CCN(c2nccn3c(-c4ccc(N=O)cc4)c(-c4ccc(F)cc4)nc23)CC1. The van der Waals surface area contributed by atoms with Crippen LogP contribution in [0.25, 0.3) is 28.2 Å². The molecule has 2 aromatic carbocycles. The number of anilines is 1. The highest BCUT2D eigenvalue weighted by atomic mass is 19.1. The molecule has 0 atom stereocenters. The van der Waals surface area contributed by atoms with E-state index in [0.717, 1.165) is 22.6 Å². The molecule has 0 N–H and O–H groups in total. The number of halogens is 1. The molecule has 2 aromatic heterocycles. The lowest BCUT2D eigenvalue weighted by Gasteiger charge is -2.34. The van der Waals surface area contributed by atoms with E-state index in [0.29, 0.717) is 43.2 Å². The molecular formula is C24H21FN6O2. The third-order valence-electron chi connectivity index (χ3n) is 5.91. The molecule has 0 spiro atoms. The Kier molecular flexibility index (Phi) is 5.29. The van der Waals surface area contributed by atoms with Crippen LogP contribution in [0.1, 0.15) is 6.92 Å². The van der Waals surface area contributed by atoms with Crippen LogP contribution in [0.3, 0.4) is 0 Å². The molecule has 0 saturated carbocycles. The van der Waals surface area contributed by atoms with Crippen molar-refractivity contribution in [1.29, 1.82) is 0 Å². The Labute approximate surface area is 189 Å². The highest BCUT2D eigenvalue weighted by molar-refractivity contribution is 5.85. The van der Waals surface area contributed by atoms with Gasteiger partial charge in [0.05, 0.1) is 11.4 Å². The number of hydrogen-bond donors (Lipinski definition) is 0. The van der Waals surface area contributed by atoms with Crippen LogP contribution in [0.2, 0.25) is 0 Å². The molecule has 1 aliphatic rings. The molecule has 166 valence electrons. The number of imidazole rings is 1. The van der Waals surface area contributed by atoms with Gasteiger partial charge in [0.25, 0.3) is 0 Å². The Morgan fingerprint density at radius 3 is 2.27 bits per heavy atom. The average Bonchev–Trinajstić information content (AvgIpc) is 3.24. The minimum Gasteiger partial charge on any atom is -0.350 e. The van der Waals surface area contributed by atoms with Crippen molar-refractivity contribution < 1.29 is 9.18 Å². The van der Waals surface area contributed by atoms with Crippen molar-refractivity contribution in [2.45, 2.75) is 6.92 Å². The number of nitroso groups, excluding NO2 is 1. The summed E-state index contributed by atoms with van der Waals surface area (Å²) < 4.78 is 15.6. The highest BCUT2D eigenvalue weighted by Crippen LogP contribution is 2.35. The van der Waals surface area contributed by atoms with E-state index in [4.69, 9.17) is 4.98 Å². The molecule has 1 aliphatic heterocycles. The van der Waals surface area contributed by atoms with Crippen LogP contribution in [0.5, 0.6) is 0 Å². The number of amides is 1. The first-order chi connectivity index (χ1) is 16.0. The molecule has 0 unspecified atom stereocenters. The van der Waals surface area contributed by atoms with Gasteiger partial charge in [0, 0.05) is 56.6 Å². The van der Waals surface area contributed by atoms with E-state index >= 15 is 0 Å². The fourth-order valence-electron chi connectivity index (χ4n) is 4.19. The van der Waals surface area contributed by atoms with Crippen LogP contribution in [-0.4, -0.2) is 51.4 Å². The summed E-state index contributed by atoms with van der Waals surface area (Å²) in [6, 6.07) is 13.1. The maximum absolute atomic E-state index is 13.6. The van der Waals surface area contributed by atoms with E-state index in [2.05, 4.69) is 15.1 Å². The van der Waals surface area contributed by atoms with E-state index in [-0.39, 0.29) is 11.7 Å². The van der Waals surface area contributed by atoms with Gasteiger partial charge < -0.3 is 9.80 Å². The first-order valence-corrected chi connectivity index (χ1v) is 10.6. The van der Waals surface area contributed by atoms with Gasteiger partial charge in [-0.05, 0) is 41.6 Å². The van der Waals surface area contributed by atoms with Gasteiger partial charge in [0.1, 0.15) is 11.5 Å². The molecule has 5 rings (SSSR count). The third kappa shape index (κ3) is 3.82. The Bertz CT molecular complexity index is 1330. The normalized spacial score (nSPS) is 14.0. The van der Waals surface area contributed by atoms with Gasteiger partial charge in [-0.1, -0.05) is 12.1 Å². The van der Waals surface area contributed by atoms with Crippen molar-refractivity contribution in [3.8, 4) is 22.5 Å².